The fourth-order valence-electron chi connectivity index (χ4n) is 3.46. The van der Waals surface area contributed by atoms with Crippen LogP contribution in [0.1, 0.15) is 18.9 Å². The summed E-state index contributed by atoms with van der Waals surface area (Å²) in [5.41, 5.74) is 7.64. The van der Waals surface area contributed by atoms with Crippen LogP contribution in [0.5, 0.6) is 0 Å². The molecule has 0 saturated carbocycles. The summed E-state index contributed by atoms with van der Waals surface area (Å²) in [5, 5.41) is 13.5. The summed E-state index contributed by atoms with van der Waals surface area (Å²) in [4.78, 5) is 17.7. The zero-order valence-corrected chi connectivity index (χ0v) is 13.7. The number of nitriles is 1. The van der Waals surface area contributed by atoms with Crippen LogP contribution in [0.15, 0.2) is 30.5 Å². The number of nitrogens with zero attached hydrogens (tertiary/aromatic N) is 3. The summed E-state index contributed by atoms with van der Waals surface area (Å²) < 4.78 is 0. The Morgan fingerprint density at radius 2 is 2.29 bits per heavy atom. The van der Waals surface area contributed by atoms with Gasteiger partial charge in [-0.2, -0.15) is 5.26 Å². The van der Waals surface area contributed by atoms with Crippen LogP contribution < -0.4 is 16.0 Å². The van der Waals surface area contributed by atoms with Crippen molar-refractivity contribution in [2.24, 2.45) is 11.7 Å². The van der Waals surface area contributed by atoms with Crippen LogP contribution in [0.25, 0.3) is 10.9 Å². The van der Waals surface area contributed by atoms with Gasteiger partial charge in [0.2, 0.25) is 5.91 Å². The molecule has 6 heteroatoms. The molecule has 6 nitrogen and oxygen atoms in total. The van der Waals surface area contributed by atoms with Gasteiger partial charge in [-0.05, 0) is 36.6 Å². The van der Waals surface area contributed by atoms with Crippen molar-refractivity contribution in [3.63, 3.8) is 0 Å². The number of nitrogens with two attached hydrogens (primary N) is 1. The van der Waals surface area contributed by atoms with E-state index in [4.69, 9.17) is 5.73 Å². The largest absolute Gasteiger partial charge is 0.369 e. The van der Waals surface area contributed by atoms with Gasteiger partial charge in [-0.15, -0.1) is 0 Å². The van der Waals surface area contributed by atoms with Crippen LogP contribution >= 0.6 is 0 Å². The minimum atomic E-state index is -0.340. The lowest BCUT2D eigenvalue weighted by Gasteiger charge is -2.38. The summed E-state index contributed by atoms with van der Waals surface area (Å²) in [5.74, 6) is 0.152. The molecule has 1 amide bonds. The Balaban J connectivity index is 1.92. The van der Waals surface area contributed by atoms with Crippen molar-refractivity contribution < 1.29 is 4.79 Å². The van der Waals surface area contributed by atoms with Gasteiger partial charge in [-0.3, -0.25) is 9.78 Å². The molecule has 0 aliphatic carbocycles. The molecule has 0 spiro atoms. The maximum Gasteiger partial charge on any atom is 0.231 e. The molecule has 1 aromatic carbocycles. The molecule has 3 N–H and O–H groups in total. The number of piperidine rings is 1. The number of aromatic nitrogens is 1. The van der Waals surface area contributed by atoms with Gasteiger partial charge < -0.3 is 16.0 Å². The molecule has 2 aromatic rings. The number of primary amides is 1. The van der Waals surface area contributed by atoms with Gasteiger partial charge in [-0.25, -0.2) is 0 Å². The minimum Gasteiger partial charge on any atom is -0.369 e. The average Bonchev–Trinajstić information content (AvgIpc) is 2.58. The van der Waals surface area contributed by atoms with Crippen molar-refractivity contribution in [1.29, 1.82) is 5.26 Å². The third kappa shape index (κ3) is 3.31. The first-order chi connectivity index (χ1) is 11.6. The van der Waals surface area contributed by atoms with Gasteiger partial charge in [0.05, 0.1) is 17.6 Å². The lowest BCUT2D eigenvalue weighted by atomic mass is 9.94. The highest BCUT2D eigenvalue weighted by molar-refractivity contribution is 5.95. The Bertz CT molecular complexity index is 798. The maximum absolute atomic E-state index is 11.0. The lowest BCUT2D eigenvalue weighted by molar-refractivity contribution is -0.117. The number of hydrogen-bond acceptors (Lipinski definition) is 5. The fourth-order valence-corrected chi connectivity index (χ4v) is 3.46. The van der Waals surface area contributed by atoms with E-state index in [0.717, 1.165) is 36.1 Å². The topological polar surface area (TPSA) is 95.0 Å². The van der Waals surface area contributed by atoms with Crippen LogP contribution in [-0.4, -0.2) is 36.6 Å². The van der Waals surface area contributed by atoms with E-state index in [1.165, 1.54) is 0 Å². The van der Waals surface area contributed by atoms with Crippen molar-refractivity contribution in [3.8, 4) is 6.07 Å². The Hall–Kier alpha value is -2.65. The molecule has 2 atom stereocenters. The van der Waals surface area contributed by atoms with Crippen molar-refractivity contribution >= 4 is 22.5 Å². The van der Waals surface area contributed by atoms with Gasteiger partial charge >= 0.3 is 0 Å². The minimum absolute atomic E-state index is 0.195. The van der Waals surface area contributed by atoms with Crippen molar-refractivity contribution in [2.45, 2.75) is 19.4 Å². The van der Waals surface area contributed by atoms with E-state index in [-0.39, 0.29) is 18.5 Å². The van der Waals surface area contributed by atoms with E-state index >= 15 is 0 Å². The van der Waals surface area contributed by atoms with Crippen LogP contribution in [-0.2, 0) is 4.79 Å². The summed E-state index contributed by atoms with van der Waals surface area (Å²) in [6.45, 7) is 4.13. The summed E-state index contributed by atoms with van der Waals surface area (Å²) in [6, 6.07) is 10.1. The molecule has 0 bridgehead atoms. The Morgan fingerprint density at radius 1 is 1.46 bits per heavy atom. The number of amides is 1. The number of carbonyl (C=O) groups excluding carboxylic acids is 1. The van der Waals surface area contributed by atoms with E-state index in [1.54, 1.807) is 6.20 Å². The van der Waals surface area contributed by atoms with Crippen molar-refractivity contribution in [1.82, 2.24) is 10.3 Å². The zero-order valence-electron chi connectivity index (χ0n) is 13.7. The monoisotopic (exact) mass is 323 g/mol. The number of fused-ring (bicyclic) bond motifs is 1. The quantitative estimate of drug-likeness (QED) is 0.887. The van der Waals surface area contributed by atoms with E-state index in [1.807, 2.05) is 24.3 Å². The highest BCUT2D eigenvalue weighted by Crippen LogP contribution is 2.31. The molecule has 124 valence electrons. The van der Waals surface area contributed by atoms with Crippen LogP contribution in [0, 0.1) is 17.2 Å². The van der Waals surface area contributed by atoms with Crippen LogP contribution in [0.4, 0.5) is 5.69 Å². The number of nitrogens with one attached hydrogen (secondary N) is 1. The van der Waals surface area contributed by atoms with Crippen molar-refractivity contribution in [3.05, 3.63) is 36.0 Å². The third-order valence-electron chi connectivity index (χ3n) is 4.43. The van der Waals surface area contributed by atoms with Gasteiger partial charge in [0, 0.05) is 36.4 Å². The van der Waals surface area contributed by atoms with Gasteiger partial charge in [0.1, 0.15) is 6.07 Å². The molecule has 3 rings (SSSR count). The third-order valence-corrected chi connectivity index (χ3v) is 4.43. The van der Waals surface area contributed by atoms with E-state index in [9.17, 15) is 10.1 Å². The Morgan fingerprint density at radius 3 is 3.04 bits per heavy atom. The number of hydrogen-bond donors (Lipinski definition) is 2. The van der Waals surface area contributed by atoms with E-state index in [2.05, 4.69) is 28.2 Å². The van der Waals surface area contributed by atoms with Gasteiger partial charge in [0.25, 0.3) is 0 Å². The molecule has 1 aliphatic rings. The molecule has 2 heterocycles. The predicted octanol–water partition coefficient (Wildman–Crippen LogP) is 1.40. The molecule has 1 fully saturated rings. The second-order valence-corrected chi connectivity index (χ2v) is 6.43. The number of anilines is 1. The van der Waals surface area contributed by atoms with Crippen LogP contribution in [0.3, 0.4) is 0 Å². The molecule has 0 radical (unpaired) electrons. The first kappa shape index (κ1) is 16.2. The highest BCUT2D eigenvalue weighted by atomic mass is 16.1. The summed E-state index contributed by atoms with van der Waals surface area (Å²) in [7, 11) is 0. The first-order valence-corrected chi connectivity index (χ1v) is 8.13. The lowest BCUT2D eigenvalue weighted by Crippen LogP contribution is -2.50. The molecule has 2 unspecified atom stereocenters. The SMILES string of the molecule is CC1CC(NCC(N)=O)CN(c2ccc(C#N)c3ncccc23)C1. The normalized spacial score (nSPS) is 20.8. The zero-order chi connectivity index (χ0) is 17.1. The number of benzene rings is 1. The number of carbonyl (C=O) groups is 1. The van der Waals surface area contributed by atoms with Crippen LogP contribution in [0.2, 0.25) is 0 Å². The second-order valence-electron chi connectivity index (χ2n) is 6.43. The fraction of sp³-hybridized carbons (Fsp3) is 0.389. The Kier molecular flexibility index (Phi) is 4.63. The number of pyridine rings is 1. The smallest absolute Gasteiger partial charge is 0.231 e. The summed E-state index contributed by atoms with van der Waals surface area (Å²) in [6.07, 6.45) is 2.72. The Labute approximate surface area is 141 Å². The molecular weight excluding hydrogens is 302 g/mol. The van der Waals surface area contributed by atoms with Crippen molar-refractivity contribution in [2.75, 3.05) is 24.5 Å². The standard InChI is InChI=1S/C18H21N5O/c1-12-7-14(22-9-17(20)24)11-23(10-12)16-5-4-13(8-19)18-15(16)3-2-6-21-18/h2-6,12,14,22H,7,9-11H2,1H3,(H2,20,24). The molecule has 1 aromatic heterocycles. The van der Waals surface area contributed by atoms with Gasteiger partial charge in [0.15, 0.2) is 0 Å². The average molecular weight is 323 g/mol. The predicted molar refractivity (Wildman–Crippen MR) is 93.4 cm³/mol. The number of rotatable bonds is 4. The molecular formula is C18H21N5O. The molecule has 1 aliphatic heterocycles. The van der Waals surface area contributed by atoms with E-state index < -0.39 is 0 Å². The maximum atomic E-state index is 11.0. The first-order valence-electron chi connectivity index (χ1n) is 8.13. The second kappa shape index (κ2) is 6.85. The highest BCUT2D eigenvalue weighted by Gasteiger charge is 2.26. The van der Waals surface area contributed by atoms with E-state index in [0.29, 0.717) is 11.5 Å². The molecule has 24 heavy (non-hydrogen) atoms. The molecule has 1 saturated heterocycles. The van der Waals surface area contributed by atoms with Gasteiger partial charge in [-0.1, -0.05) is 6.92 Å². The summed E-state index contributed by atoms with van der Waals surface area (Å²) >= 11 is 0.